The van der Waals surface area contributed by atoms with E-state index in [1.165, 1.54) is 6.92 Å². The molecule has 2 aliphatic rings. The van der Waals surface area contributed by atoms with E-state index in [0.29, 0.717) is 11.8 Å². The first-order valence-electron chi connectivity index (χ1n) is 11.6. The lowest BCUT2D eigenvalue weighted by molar-refractivity contribution is -0.202. The normalized spacial score (nSPS) is 25.2. The number of carbonyl (C=O) groups excluding carboxylic acids is 1. The van der Waals surface area contributed by atoms with E-state index in [-0.39, 0.29) is 18.6 Å². The average Bonchev–Trinajstić information content (AvgIpc) is 2.74. The van der Waals surface area contributed by atoms with Gasteiger partial charge in [-0.1, -0.05) is 19.9 Å². The molecule has 1 fully saturated rings. The van der Waals surface area contributed by atoms with E-state index in [1.807, 2.05) is 6.07 Å². The summed E-state index contributed by atoms with van der Waals surface area (Å²) < 4.78 is 16.9. The van der Waals surface area contributed by atoms with Crippen LogP contribution < -0.4 is 4.74 Å². The van der Waals surface area contributed by atoms with E-state index in [1.54, 1.807) is 6.07 Å². The highest BCUT2D eigenvalue weighted by molar-refractivity contribution is 5.72. The quantitative estimate of drug-likeness (QED) is 0.554. The van der Waals surface area contributed by atoms with Gasteiger partial charge in [-0.3, -0.25) is 4.79 Å². The first-order valence-corrected chi connectivity index (χ1v) is 11.6. The molecule has 2 N–H and O–H groups in total. The molecule has 0 amide bonds. The van der Waals surface area contributed by atoms with Gasteiger partial charge in [0.25, 0.3) is 0 Å². The van der Waals surface area contributed by atoms with Crippen LogP contribution in [0.25, 0.3) is 0 Å². The number of carboxylic acid groups (broad SMARTS) is 1. The third kappa shape index (κ3) is 5.92. The summed E-state index contributed by atoms with van der Waals surface area (Å²) in [5.74, 6) is -1.26. The Morgan fingerprint density at radius 1 is 1.19 bits per heavy atom. The Bertz CT molecular complexity index is 806. The van der Waals surface area contributed by atoms with Crippen LogP contribution in [0.1, 0.15) is 64.0 Å². The van der Waals surface area contributed by atoms with Crippen molar-refractivity contribution < 1.29 is 34.0 Å². The largest absolute Gasteiger partial charge is 0.504 e. The van der Waals surface area contributed by atoms with Gasteiger partial charge in [-0.2, -0.15) is 0 Å². The van der Waals surface area contributed by atoms with Gasteiger partial charge in [-0.25, -0.2) is 4.79 Å². The van der Waals surface area contributed by atoms with Gasteiger partial charge < -0.3 is 29.3 Å². The van der Waals surface area contributed by atoms with Gasteiger partial charge in [0.15, 0.2) is 17.6 Å². The lowest BCUT2D eigenvalue weighted by Gasteiger charge is -2.37. The highest BCUT2D eigenvalue weighted by Gasteiger charge is 2.37. The van der Waals surface area contributed by atoms with Crippen molar-refractivity contribution in [1.82, 2.24) is 4.90 Å². The first-order chi connectivity index (χ1) is 15.3. The number of rotatable bonds is 9. The minimum absolute atomic E-state index is 0.00579. The van der Waals surface area contributed by atoms with E-state index in [2.05, 4.69) is 18.7 Å². The SMILES string of the molecule is CCCN(CCC)C1CCc2c(ccc(O)c2OC2CC(OC(C)=O)CC(C(=O)O)O2)C1. The Balaban J connectivity index is 1.78. The Morgan fingerprint density at radius 2 is 1.91 bits per heavy atom. The maximum absolute atomic E-state index is 11.5. The number of aromatic hydroxyl groups is 1. The average molecular weight is 450 g/mol. The number of hydrogen-bond donors (Lipinski definition) is 2. The topological polar surface area (TPSA) is 106 Å². The molecule has 178 valence electrons. The molecule has 0 radical (unpaired) electrons. The second kappa shape index (κ2) is 11.0. The van der Waals surface area contributed by atoms with E-state index in [0.717, 1.165) is 56.3 Å². The Hall–Kier alpha value is -2.32. The fourth-order valence-corrected chi connectivity index (χ4v) is 4.82. The molecule has 1 aliphatic carbocycles. The second-order valence-electron chi connectivity index (χ2n) is 8.70. The molecule has 1 aliphatic heterocycles. The zero-order valence-corrected chi connectivity index (χ0v) is 19.2. The second-order valence-corrected chi connectivity index (χ2v) is 8.70. The number of hydrogen-bond acceptors (Lipinski definition) is 7. The van der Waals surface area contributed by atoms with Crippen LogP contribution in [0.2, 0.25) is 0 Å². The van der Waals surface area contributed by atoms with E-state index in [4.69, 9.17) is 14.2 Å². The molecule has 4 atom stereocenters. The predicted octanol–water partition coefficient (Wildman–Crippen LogP) is 3.27. The predicted molar refractivity (Wildman–Crippen MR) is 118 cm³/mol. The summed E-state index contributed by atoms with van der Waals surface area (Å²) in [4.78, 5) is 25.4. The van der Waals surface area contributed by atoms with Crippen LogP contribution in [0, 0.1) is 0 Å². The van der Waals surface area contributed by atoms with Crippen LogP contribution >= 0.6 is 0 Å². The summed E-state index contributed by atoms with van der Waals surface area (Å²) in [7, 11) is 0. The fraction of sp³-hybridized carbons (Fsp3) is 0.667. The first kappa shape index (κ1) is 24.3. The number of fused-ring (bicyclic) bond motifs is 1. The summed E-state index contributed by atoms with van der Waals surface area (Å²) in [6.45, 7) is 7.82. The van der Waals surface area contributed by atoms with Crippen LogP contribution in [-0.4, -0.2) is 64.7 Å². The molecule has 1 aromatic carbocycles. The van der Waals surface area contributed by atoms with Gasteiger partial charge in [0.2, 0.25) is 6.29 Å². The minimum Gasteiger partial charge on any atom is -0.504 e. The summed E-state index contributed by atoms with van der Waals surface area (Å²) in [6, 6.07) is 4.03. The molecule has 1 saturated heterocycles. The number of phenolic OH excluding ortho intramolecular Hbond substituents is 1. The third-order valence-corrected chi connectivity index (χ3v) is 6.16. The number of carboxylic acids is 1. The zero-order chi connectivity index (χ0) is 23.3. The van der Waals surface area contributed by atoms with Crippen molar-refractivity contribution in [3.8, 4) is 11.5 Å². The summed E-state index contributed by atoms with van der Waals surface area (Å²) in [5.41, 5.74) is 2.08. The van der Waals surface area contributed by atoms with Gasteiger partial charge >= 0.3 is 11.9 Å². The molecule has 1 heterocycles. The number of esters is 1. The Labute approximate surface area is 189 Å². The molecular formula is C24H35NO7. The number of phenols is 1. The molecule has 0 saturated carbocycles. The number of carbonyl (C=O) groups is 2. The van der Waals surface area contributed by atoms with Crippen LogP contribution in [0.5, 0.6) is 11.5 Å². The van der Waals surface area contributed by atoms with E-state index < -0.39 is 30.4 Å². The smallest absolute Gasteiger partial charge is 0.333 e. The zero-order valence-electron chi connectivity index (χ0n) is 19.2. The highest BCUT2D eigenvalue weighted by atomic mass is 16.7. The minimum atomic E-state index is -1.14. The highest BCUT2D eigenvalue weighted by Crippen LogP contribution is 2.39. The third-order valence-electron chi connectivity index (χ3n) is 6.16. The molecule has 4 unspecified atom stereocenters. The lowest BCUT2D eigenvalue weighted by atomic mass is 9.86. The standard InChI is InChI=1S/C24H35NO7/c1-4-10-25(11-5-2)17-7-8-19-16(12-17)6-9-20(27)23(19)32-22-14-18(30-15(3)26)13-21(31-22)24(28)29/h6,9,17-18,21-22,27H,4-5,7-8,10-14H2,1-3H3,(H,28,29). The molecule has 8 nitrogen and oxygen atoms in total. The maximum Gasteiger partial charge on any atom is 0.333 e. The van der Waals surface area contributed by atoms with Gasteiger partial charge in [-0.05, 0) is 56.8 Å². The summed E-state index contributed by atoms with van der Waals surface area (Å²) in [5, 5.41) is 19.9. The van der Waals surface area contributed by atoms with E-state index in [9.17, 15) is 19.8 Å². The van der Waals surface area contributed by atoms with Crippen molar-refractivity contribution in [3.63, 3.8) is 0 Å². The van der Waals surface area contributed by atoms with Crippen molar-refractivity contribution in [2.24, 2.45) is 0 Å². The van der Waals surface area contributed by atoms with Crippen molar-refractivity contribution >= 4 is 11.9 Å². The lowest BCUT2D eigenvalue weighted by Crippen LogP contribution is -2.44. The van der Waals surface area contributed by atoms with Crippen molar-refractivity contribution in [1.29, 1.82) is 0 Å². The Morgan fingerprint density at radius 3 is 2.53 bits per heavy atom. The van der Waals surface area contributed by atoms with Gasteiger partial charge in [0, 0.05) is 31.4 Å². The van der Waals surface area contributed by atoms with Crippen molar-refractivity contribution in [2.45, 2.75) is 90.3 Å². The van der Waals surface area contributed by atoms with Gasteiger partial charge in [0.1, 0.15) is 6.10 Å². The number of nitrogens with zero attached hydrogens (tertiary/aromatic N) is 1. The molecule has 3 rings (SSSR count). The van der Waals surface area contributed by atoms with Gasteiger partial charge in [-0.15, -0.1) is 0 Å². The Kier molecular flexibility index (Phi) is 8.37. The monoisotopic (exact) mass is 449 g/mol. The van der Waals surface area contributed by atoms with Gasteiger partial charge in [0.05, 0.1) is 0 Å². The van der Waals surface area contributed by atoms with E-state index >= 15 is 0 Å². The number of ether oxygens (including phenoxy) is 3. The summed E-state index contributed by atoms with van der Waals surface area (Å²) >= 11 is 0. The molecule has 0 bridgehead atoms. The number of benzene rings is 1. The number of aliphatic carboxylic acids is 1. The van der Waals surface area contributed by atoms with Crippen LogP contribution in [-0.2, 0) is 31.9 Å². The van der Waals surface area contributed by atoms with Crippen molar-refractivity contribution in [2.75, 3.05) is 13.1 Å². The fourth-order valence-electron chi connectivity index (χ4n) is 4.82. The van der Waals surface area contributed by atoms with Crippen LogP contribution in [0.15, 0.2) is 12.1 Å². The van der Waals surface area contributed by atoms with Crippen molar-refractivity contribution in [3.05, 3.63) is 23.3 Å². The molecule has 32 heavy (non-hydrogen) atoms. The molecule has 8 heteroatoms. The molecule has 0 aromatic heterocycles. The molecule has 1 aromatic rings. The summed E-state index contributed by atoms with van der Waals surface area (Å²) in [6.07, 6.45) is 2.42. The van der Waals surface area contributed by atoms with Crippen LogP contribution in [0.3, 0.4) is 0 Å². The molecule has 0 spiro atoms. The van der Waals surface area contributed by atoms with Crippen LogP contribution in [0.4, 0.5) is 0 Å². The molecular weight excluding hydrogens is 414 g/mol. The maximum atomic E-state index is 11.5.